The topological polar surface area (TPSA) is 41.6 Å². The van der Waals surface area contributed by atoms with Gasteiger partial charge in [-0.1, -0.05) is 0 Å². The van der Waals surface area contributed by atoms with E-state index in [2.05, 4.69) is 5.32 Å². The third-order valence-electron chi connectivity index (χ3n) is 2.95. The summed E-state index contributed by atoms with van der Waals surface area (Å²) in [5.41, 5.74) is 1.97. The number of rotatable bonds is 3. The number of fused-ring (bicyclic) bond motifs is 1. The van der Waals surface area contributed by atoms with Crippen molar-refractivity contribution in [1.29, 1.82) is 0 Å². The van der Waals surface area contributed by atoms with Crippen molar-refractivity contribution in [3.05, 3.63) is 23.8 Å². The molecule has 4 heteroatoms. The van der Waals surface area contributed by atoms with E-state index < -0.39 is 0 Å². The quantitative estimate of drug-likeness (QED) is 0.835. The van der Waals surface area contributed by atoms with Crippen molar-refractivity contribution in [1.82, 2.24) is 5.32 Å². The molecule has 0 spiro atoms. The number of hydrogen-bond acceptors (Lipinski definition) is 3. The molecule has 0 aromatic heterocycles. The largest absolute Gasteiger partial charge is 0.497 e. The average Bonchev–Trinajstić information content (AvgIpc) is 2.59. The van der Waals surface area contributed by atoms with Crippen molar-refractivity contribution in [2.24, 2.45) is 0 Å². The molecule has 1 aromatic rings. The zero-order valence-corrected chi connectivity index (χ0v) is 9.78. The van der Waals surface area contributed by atoms with Gasteiger partial charge in [-0.25, -0.2) is 0 Å². The van der Waals surface area contributed by atoms with Crippen LogP contribution >= 0.6 is 0 Å². The van der Waals surface area contributed by atoms with Gasteiger partial charge in [0.2, 0.25) is 5.91 Å². The number of nitrogens with zero attached hydrogens (tertiary/aromatic N) is 1. The first-order valence-corrected chi connectivity index (χ1v) is 5.39. The Morgan fingerprint density at radius 3 is 2.81 bits per heavy atom. The van der Waals surface area contributed by atoms with Gasteiger partial charge in [0, 0.05) is 17.8 Å². The fraction of sp³-hybridized carbons (Fsp3) is 0.417. The van der Waals surface area contributed by atoms with E-state index in [1.54, 1.807) is 19.1 Å². The molecule has 1 heterocycles. The molecule has 1 amide bonds. The molecule has 16 heavy (non-hydrogen) atoms. The van der Waals surface area contributed by atoms with Gasteiger partial charge in [0.15, 0.2) is 0 Å². The number of anilines is 1. The van der Waals surface area contributed by atoms with E-state index in [1.165, 1.54) is 0 Å². The van der Waals surface area contributed by atoms with Crippen molar-refractivity contribution in [3.63, 3.8) is 0 Å². The third kappa shape index (κ3) is 1.46. The highest BCUT2D eigenvalue weighted by Gasteiger charge is 2.35. The van der Waals surface area contributed by atoms with Crippen LogP contribution in [0.1, 0.15) is 18.5 Å². The maximum absolute atomic E-state index is 12.0. The van der Waals surface area contributed by atoms with Gasteiger partial charge >= 0.3 is 0 Å². The number of carbonyl (C=O) groups excluding carboxylic acids is 1. The Morgan fingerprint density at radius 2 is 2.25 bits per heavy atom. The molecule has 0 saturated heterocycles. The van der Waals surface area contributed by atoms with Crippen LogP contribution in [0.3, 0.4) is 0 Å². The lowest BCUT2D eigenvalue weighted by Gasteiger charge is -2.14. The first-order chi connectivity index (χ1) is 7.72. The first kappa shape index (κ1) is 11.0. The number of amides is 1. The van der Waals surface area contributed by atoms with Gasteiger partial charge in [0.1, 0.15) is 11.8 Å². The zero-order valence-electron chi connectivity index (χ0n) is 9.78. The maximum Gasteiger partial charge on any atom is 0.248 e. The van der Waals surface area contributed by atoms with Gasteiger partial charge in [-0.05, 0) is 32.2 Å². The molecule has 1 aliphatic rings. The van der Waals surface area contributed by atoms with E-state index in [0.29, 0.717) is 6.54 Å². The lowest BCUT2D eigenvalue weighted by Crippen LogP contribution is -2.32. The average molecular weight is 220 g/mol. The molecular weight excluding hydrogens is 204 g/mol. The maximum atomic E-state index is 12.0. The van der Waals surface area contributed by atoms with Crippen LogP contribution in [-0.4, -0.2) is 26.6 Å². The second-order valence-electron chi connectivity index (χ2n) is 3.73. The van der Waals surface area contributed by atoms with Crippen LogP contribution in [0.15, 0.2) is 18.2 Å². The van der Waals surface area contributed by atoms with E-state index in [1.807, 2.05) is 25.1 Å². The molecule has 2 rings (SSSR count). The summed E-state index contributed by atoms with van der Waals surface area (Å²) in [5.74, 6) is 0.887. The minimum absolute atomic E-state index is 0.105. The summed E-state index contributed by atoms with van der Waals surface area (Å²) in [6.07, 6.45) is 0. The summed E-state index contributed by atoms with van der Waals surface area (Å²) in [7, 11) is 3.43. The number of carbonyl (C=O) groups is 1. The lowest BCUT2D eigenvalue weighted by atomic mass is 10.1. The molecule has 0 radical (unpaired) electrons. The van der Waals surface area contributed by atoms with Crippen LogP contribution < -0.4 is 15.0 Å². The highest BCUT2D eigenvalue weighted by Crippen LogP contribution is 2.37. The highest BCUT2D eigenvalue weighted by atomic mass is 16.5. The van der Waals surface area contributed by atoms with Gasteiger partial charge in [0.25, 0.3) is 0 Å². The Balaban J connectivity index is 2.50. The van der Waals surface area contributed by atoms with Gasteiger partial charge in [-0.15, -0.1) is 0 Å². The predicted molar refractivity (Wildman–Crippen MR) is 62.8 cm³/mol. The van der Waals surface area contributed by atoms with Crippen LogP contribution in [0.5, 0.6) is 5.75 Å². The van der Waals surface area contributed by atoms with E-state index in [-0.39, 0.29) is 11.9 Å². The molecule has 1 aliphatic heterocycles. The van der Waals surface area contributed by atoms with E-state index in [4.69, 9.17) is 4.74 Å². The Kier molecular flexibility index (Phi) is 2.83. The normalized spacial score (nSPS) is 18.8. The SMILES string of the molecule is CCN1C(=O)C(NC)c2cc(OC)ccc21. The Bertz CT molecular complexity index is 417. The van der Waals surface area contributed by atoms with Crippen LogP contribution in [0.4, 0.5) is 5.69 Å². The number of hydrogen-bond donors (Lipinski definition) is 1. The van der Waals surface area contributed by atoms with E-state index in [9.17, 15) is 4.79 Å². The molecule has 86 valence electrons. The number of methoxy groups -OCH3 is 1. The zero-order chi connectivity index (χ0) is 11.7. The fourth-order valence-corrected chi connectivity index (χ4v) is 2.15. The summed E-state index contributed by atoms with van der Waals surface area (Å²) >= 11 is 0. The molecule has 4 nitrogen and oxygen atoms in total. The summed E-state index contributed by atoms with van der Waals surface area (Å²) in [6, 6.07) is 5.49. The first-order valence-electron chi connectivity index (χ1n) is 5.39. The highest BCUT2D eigenvalue weighted by molar-refractivity contribution is 6.04. The summed E-state index contributed by atoms with van der Waals surface area (Å²) < 4.78 is 5.18. The molecule has 1 aromatic carbocycles. The number of likely N-dealkylation sites (N-methyl/N-ethyl adjacent to an activating group) is 2. The molecule has 1 atom stereocenters. The summed E-state index contributed by atoms with van der Waals surface area (Å²) in [5, 5.41) is 3.04. The van der Waals surface area contributed by atoms with Crippen molar-refractivity contribution in [3.8, 4) is 5.75 Å². The number of nitrogens with one attached hydrogen (secondary N) is 1. The molecule has 1 N–H and O–H groups in total. The van der Waals surface area contributed by atoms with Crippen molar-refractivity contribution >= 4 is 11.6 Å². The van der Waals surface area contributed by atoms with E-state index >= 15 is 0 Å². The monoisotopic (exact) mass is 220 g/mol. The smallest absolute Gasteiger partial charge is 0.248 e. The number of benzene rings is 1. The van der Waals surface area contributed by atoms with Crippen LogP contribution in [0.25, 0.3) is 0 Å². The van der Waals surface area contributed by atoms with Crippen LogP contribution in [-0.2, 0) is 4.79 Å². The van der Waals surface area contributed by atoms with Crippen molar-refractivity contribution in [2.75, 3.05) is 25.6 Å². The van der Waals surface area contributed by atoms with E-state index in [0.717, 1.165) is 17.0 Å². The second kappa shape index (κ2) is 4.14. The minimum Gasteiger partial charge on any atom is -0.497 e. The Morgan fingerprint density at radius 1 is 1.50 bits per heavy atom. The molecular formula is C12H16N2O2. The molecule has 1 unspecified atom stereocenters. The van der Waals surface area contributed by atoms with Crippen molar-refractivity contribution < 1.29 is 9.53 Å². The van der Waals surface area contributed by atoms with Gasteiger partial charge < -0.3 is 15.0 Å². The Labute approximate surface area is 95.2 Å². The molecule has 0 bridgehead atoms. The van der Waals surface area contributed by atoms with Gasteiger partial charge in [0.05, 0.1) is 7.11 Å². The molecule has 0 aliphatic carbocycles. The predicted octanol–water partition coefficient (Wildman–Crippen LogP) is 1.32. The lowest BCUT2D eigenvalue weighted by molar-refractivity contribution is -0.119. The number of ether oxygens (including phenoxy) is 1. The Hall–Kier alpha value is -1.55. The summed E-state index contributed by atoms with van der Waals surface area (Å²) in [6.45, 7) is 2.67. The minimum atomic E-state index is -0.245. The summed E-state index contributed by atoms with van der Waals surface area (Å²) in [4.78, 5) is 13.8. The molecule has 0 fully saturated rings. The van der Waals surface area contributed by atoms with Crippen LogP contribution in [0.2, 0.25) is 0 Å². The van der Waals surface area contributed by atoms with Crippen LogP contribution in [0, 0.1) is 0 Å². The van der Waals surface area contributed by atoms with Gasteiger partial charge in [-0.3, -0.25) is 4.79 Å². The van der Waals surface area contributed by atoms with Gasteiger partial charge in [-0.2, -0.15) is 0 Å². The van der Waals surface area contributed by atoms with Crippen molar-refractivity contribution in [2.45, 2.75) is 13.0 Å². The fourth-order valence-electron chi connectivity index (χ4n) is 2.15. The standard InChI is InChI=1S/C12H16N2O2/c1-4-14-10-6-5-8(16-3)7-9(10)11(13-2)12(14)15/h5-7,11,13H,4H2,1-3H3. The third-order valence-corrected chi connectivity index (χ3v) is 2.95. The molecule has 0 saturated carbocycles. The second-order valence-corrected chi connectivity index (χ2v) is 3.73.